The summed E-state index contributed by atoms with van der Waals surface area (Å²) in [5.41, 5.74) is 22.3. The van der Waals surface area contributed by atoms with E-state index in [9.17, 15) is 0 Å². The maximum atomic E-state index is 6.31. The summed E-state index contributed by atoms with van der Waals surface area (Å²) in [6.07, 6.45) is 0. The van der Waals surface area contributed by atoms with Crippen LogP contribution in [0.25, 0.3) is 109 Å². The van der Waals surface area contributed by atoms with E-state index in [0.717, 1.165) is 55.7 Å². The van der Waals surface area contributed by atoms with Crippen molar-refractivity contribution in [1.29, 1.82) is 0 Å². The molecule has 340 valence electrons. The van der Waals surface area contributed by atoms with E-state index in [1.165, 1.54) is 81.4 Å². The van der Waals surface area contributed by atoms with Crippen LogP contribution in [-0.4, -0.2) is 0 Å². The second-order valence-corrected chi connectivity index (χ2v) is 20.7. The third-order valence-electron chi connectivity index (χ3n) is 15.1. The van der Waals surface area contributed by atoms with E-state index >= 15 is 0 Å². The number of para-hydroxylation sites is 1. The van der Waals surface area contributed by atoms with Crippen LogP contribution in [0.5, 0.6) is 0 Å². The number of rotatable bonds is 8. The molecule has 0 saturated carbocycles. The molecular formula is C69H47NOS. The SMILES string of the molecule is CC1(C)c2ccc(-c3cccc(N(c4ccc(-c5cccc6c5sc5ccccc56)cc4)c4ccc(-c5cccc6oc7ccccc7c56)cc4)c3)cc2-c2c(-c3ccccc3)cc(-c3ccccc3)cc21. The van der Waals surface area contributed by atoms with E-state index in [1.54, 1.807) is 0 Å². The summed E-state index contributed by atoms with van der Waals surface area (Å²) in [7, 11) is 0. The van der Waals surface area contributed by atoms with Crippen molar-refractivity contribution in [3.63, 3.8) is 0 Å². The van der Waals surface area contributed by atoms with Crippen LogP contribution in [0.2, 0.25) is 0 Å². The van der Waals surface area contributed by atoms with Gasteiger partial charge in [-0.3, -0.25) is 0 Å². The Hall–Kier alpha value is -8.76. The monoisotopic (exact) mass is 937 g/mol. The van der Waals surface area contributed by atoms with Gasteiger partial charge >= 0.3 is 0 Å². The molecule has 11 aromatic carbocycles. The standard InChI is InChI=1S/C69H47NOS/c1-69(2)61-39-34-49(41-60(61)66-59(45-18-7-4-8-19-45)42-50(43-62(66)69)44-16-5-3-6-17-44)48-20-13-21-53(40-48)70(51-35-30-46(31-36-51)54-24-15-28-64-67(54)58-23-9-11-27-63(58)71-64)52-37-32-47(33-38-52)55-25-14-26-57-56-22-10-12-29-65(56)72-68(55)57/h3-43H,1-2H3. The Bertz CT molecular complexity index is 4220. The summed E-state index contributed by atoms with van der Waals surface area (Å²) in [4.78, 5) is 2.40. The summed E-state index contributed by atoms with van der Waals surface area (Å²) in [6.45, 7) is 4.77. The van der Waals surface area contributed by atoms with Crippen LogP contribution in [0.1, 0.15) is 25.0 Å². The molecule has 0 atom stereocenters. The predicted molar refractivity (Wildman–Crippen MR) is 306 cm³/mol. The van der Waals surface area contributed by atoms with Gasteiger partial charge in [0.05, 0.1) is 0 Å². The first-order chi connectivity index (χ1) is 35.4. The first-order valence-corrected chi connectivity index (χ1v) is 25.6. The lowest BCUT2D eigenvalue weighted by molar-refractivity contribution is 0.661. The van der Waals surface area contributed by atoms with Crippen molar-refractivity contribution in [2.75, 3.05) is 4.90 Å². The van der Waals surface area contributed by atoms with Crippen molar-refractivity contribution < 1.29 is 4.42 Å². The minimum Gasteiger partial charge on any atom is -0.456 e. The van der Waals surface area contributed by atoms with Gasteiger partial charge in [0.1, 0.15) is 11.2 Å². The second-order valence-electron chi connectivity index (χ2n) is 19.6. The number of furan rings is 1. The van der Waals surface area contributed by atoms with E-state index in [-0.39, 0.29) is 5.41 Å². The van der Waals surface area contributed by atoms with Gasteiger partial charge < -0.3 is 9.32 Å². The third-order valence-corrected chi connectivity index (χ3v) is 16.3. The largest absolute Gasteiger partial charge is 0.456 e. The Balaban J connectivity index is 0.893. The Morgan fingerprint density at radius 2 is 0.903 bits per heavy atom. The van der Waals surface area contributed by atoms with Crippen molar-refractivity contribution >= 4 is 70.5 Å². The highest BCUT2D eigenvalue weighted by Gasteiger charge is 2.38. The zero-order chi connectivity index (χ0) is 47.9. The van der Waals surface area contributed by atoms with Crippen LogP contribution in [0.15, 0.2) is 253 Å². The normalized spacial score (nSPS) is 12.7. The van der Waals surface area contributed by atoms with Gasteiger partial charge in [-0.1, -0.05) is 190 Å². The average molecular weight is 938 g/mol. The summed E-state index contributed by atoms with van der Waals surface area (Å²) in [5, 5.41) is 4.89. The van der Waals surface area contributed by atoms with E-state index in [1.807, 2.05) is 17.4 Å². The van der Waals surface area contributed by atoms with E-state index in [0.29, 0.717) is 0 Å². The molecule has 0 aliphatic heterocycles. The molecular weight excluding hydrogens is 891 g/mol. The fourth-order valence-corrected chi connectivity index (χ4v) is 12.8. The van der Waals surface area contributed by atoms with Crippen LogP contribution in [0.4, 0.5) is 17.1 Å². The number of thiophene rings is 1. The topological polar surface area (TPSA) is 16.4 Å². The molecule has 2 nitrogen and oxygen atoms in total. The molecule has 0 radical (unpaired) electrons. The van der Waals surface area contributed by atoms with E-state index < -0.39 is 0 Å². The number of fused-ring (bicyclic) bond motifs is 9. The smallest absolute Gasteiger partial charge is 0.136 e. The fourth-order valence-electron chi connectivity index (χ4n) is 11.5. The van der Waals surface area contributed by atoms with Crippen molar-refractivity contribution in [3.05, 3.63) is 260 Å². The van der Waals surface area contributed by atoms with Crippen LogP contribution in [0.3, 0.4) is 0 Å². The average Bonchev–Trinajstić information content (AvgIpc) is 4.09. The van der Waals surface area contributed by atoms with Crippen molar-refractivity contribution in [1.82, 2.24) is 0 Å². The number of hydrogen-bond donors (Lipinski definition) is 0. The van der Waals surface area contributed by atoms with Crippen molar-refractivity contribution in [2.24, 2.45) is 0 Å². The molecule has 0 unspecified atom stereocenters. The summed E-state index contributed by atoms with van der Waals surface area (Å²) in [6, 6.07) is 91.1. The number of nitrogens with zero attached hydrogens (tertiary/aromatic N) is 1. The Labute approximate surface area is 423 Å². The molecule has 3 heteroatoms. The predicted octanol–water partition coefficient (Wildman–Crippen LogP) is 20.1. The molecule has 0 spiro atoms. The zero-order valence-corrected chi connectivity index (χ0v) is 40.8. The Morgan fingerprint density at radius 1 is 0.347 bits per heavy atom. The minimum atomic E-state index is -0.187. The first kappa shape index (κ1) is 42.1. The molecule has 14 rings (SSSR count). The second kappa shape index (κ2) is 16.7. The summed E-state index contributed by atoms with van der Waals surface area (Å²) >= 11 is 1.87. The van der Waals surface area contributed by atoms with Crippen LogP contribution >= 0.6 is 11.3 Å². The Morgan fingerprint density at radius 3 is 1.68 bits per heavy atom. The molecule has 0 saturated heterocycles. The first-order valence-electron chi connectivity index (χ1n) is 24.8. The van der Waals surface area contributed by atoms with Gasteiger partial charge in [-0.05, 0) is 151 Å². The molecule has 1 aliphatic carbocycles. The number of anilines is 3. The van der Waals surface area contributed by atoms with Crippen LogP contribution < -0.4 is 4.90 Å². The van der Waals surface area contributed by atoms with Gasteiger partial charge in [0.15, 0.2) is 0 Å². The quantitative estimate of drug-likeness (QED) is 0.151. The fraction of sp³-hybridized carbons (Fsp3) is 0.0435. The highest BCUT2D eigenvalue weighted by atomic mass is 32.1. The maximum absolute atomic E-state index is 6.31. The molecule has 13 aromatic rings. The van der Waals surface area contributed by atoms with E-state index in [2.05, 4.69) is 261 Å². The van der Waals surface area contributed by atoms with Crippen LogP contribution in [-0.2, 0) is 5.41 Å². The van der Waals surface area contributed by atoms with Gasteiger partial charge in [0, 0.05) is 53.4 Å². The molecule has 0 fully saturated rings. The summed E-state index contributed by atoms with van der Waals surface area (Å²) < 4.78 is 8.94. The molecule has 0 amide bonds. The molecule has 1 aliphatic rings. The lowest BCUT2D eigenvalue weighted by Gasteiger charge is -2.26. The lowest BCUT2D eigenvalue weighted by atomic mass is 9.80. The van der Waals surface area contributed by atoms with Crippen LogP contribution in [0, 0.1) is 0 Å². The highest BCUT2D eigenvalue weighted by Crippen LogP contribution is 2.55. The van der Waals surface area contributed by atoms with Gasteiger partial charge in [-0.2, -0.15) is 0 Å². The van der Waals surface area contributed by atoms with Gasteiger partial charge in [0.25, 0.3) is 0 Å². The van der Waals surface area contributed by atoms with Gasteiger partial charge in [0.2, 0.25) is 0 Å². The maximum Gasteiger partial charge on any atom is 0.136 e. The van der Waals surface area contributed by atoms with Gasteiger partial charge in [-0.25, -0.2) is 0 Å². The third kappa shape index (κ3) is 6.84. The number of hydrogen-bond acceptors (Lipinski definition) is 3. The highest BCUT2D eigenvalue weighted by molar-refractivity contribution is 7.26. The van der Waals surface area contributed by atoms with E-state index in [4.69, 9.17) is 4.42 Å². The molecule has 0 N–H and O–H groups in total. The molecule has 2 heterocycles. The minimum absolute atomic E-state index is 0.187. The molecule has 2 aromatic heterocycles. The number of benzene rings is 11. The lowest BCUT2D eigenvalue weighted by Crippen LogP contribution is -2.15. The summed E-state index contributed by atoms with van der Waals surface area (Å²) in [5.74, 6) is 0. The molecule has 0 bridgehead atoms. The Kier molecular flexibility index (Phi) is 9.77. The van der Waals surface area contributed by atoms with Gasteiger partial charge in [-0.15, -0.1) is 11.3 Å². The van der Waals surface area contributed by atoms with Crippen molar-refractivity contribution in [2.45, 2.75) is 19.3 Å². The van der Waals surface area contributed by atoms with Crippen molar-refractivity contribution in [3.8, 4) is 66.8 Å². The zero-order valence-electron chi connectivity index (χ0n) is 39.9. The molecule has 72 heavy (non-hydrogen) atoms.